The molecule has 94 heavy (non-hydrogen) atoms. The first-order chi connectivity index (χ1) is 44.7. The Morgan fingerprint density at radius 1 is 0.734 bits per heavy atom. The monoisotopic (exact) mass is 1320 g/mol. The maximum absolute atomic E-state index is 14.2. The topological polar surface area (TPSA) is 377 Å². The van der Waals surface area contributed by atoms with E-state index in [0.29, 0.717) is 24.1 Å². The molecule has 4 heterocycles. The number of hydrogen-bond donors (Lipinski definition) is 13. The highest BCUT2D eigenvalue weighted by molar-refractivity contribution is 5.96. The zero-order chi connectivity index (χ0) is 68.9. The standard InChI is InChI=1S/C70H101N5O19/c1-44-21-17-15-13-11-9-7-8-10-12-14-16-18-23-57(92-69-66(88)64(65(87)46(3)91-69)74-61(85)43-75(5)6)40-60-63(68(89)73-32-30-49-22-19-20-31-72-49)59(84)42-70(90,94-60)41-56(82)37-54(80)35-52(78)33-51(77)34-53(79)36-55(81)39-62(86)93-67(44)45(2)24-29-50(76)38-58(83)47-25-27-48(71-4)28-26-47/h7-23,25-28,31,44-46,50-52,54-57,59-60,63-67,69,71,76-78,80-82,84,87-88,90H,24,29-30,32-43H2,1-6H3,(H,73,89)(H,74,85)/b8-7+,11-9+,12-10+,15-13+,16-14+,21-17+,23-18+/t44?,45?,46-,50?,51?,52?,54?,55?,56?,57?,59?,60?,63?,64+,65-,66+,67?,69+,70?/m1/s1. The minimum absolute atomic E-state index is 0.0579. The second-order valence-corrected chi connectivity index (χ2v) is 25.2. The molecule has 520 valence electrons. The Bertz CT molecular complexity index is 2870. The molecule has 0 radical (unpaired) electrons. The van der Waals surface area contributed by atoms with Gasteiger partial charge in [-0.1, -0.05) is 105 Å². The maximum atomic E-state index is 14.2. The van der Waals surface area contributed by atoms with Gasteiger partial charge in [0.2, 0.25) is 11.8 Å². The summed E-state index contributed by atoms with van der Waals surface area (Å²) in [6, 6.07) is 11.0. The van der Waals surface area contributed by atoms with Gasteiger partial charge in [0.05, 0.1) is 86.0 Å². The number of nitrogens with zero attached hydrogens (tertiary/aromatic N) is 2. The molecule has 19 atom stereocenters. The average Bonchev–Trinajstić information content (AvgIpc) is 0.810. The number of carbonyl (C=O) groups is 5. The molecule has 0 spiro atoms. The van der Waals surface area contributed by atoms with Gasteiger partial charge in [-0.25, -0.2) is 0 Å². The summed E-state index contributed by atoms with van der Waals surface area (Å²) in [4.78, 5) is 72.6. The van der Waals surface area contributed by atoms with Crippen molar-refractivity contribution in [3.63, 3.8) is 0 Å². The number of aromatic nitrogens is 1. The quantitative estimate of drug-likeness (QED) is 0.0799. The fourth-order valence-electron chi connectivity index (χ4n) is 11.7. The number of anilines is 1. The predicted octanol–water partition coefficient (Wildman–Crippen LogP) is 3.13. The number of aliphatic hydroxyl groups excluding tert-OH is 9. The maximum Gasteiger partial charge on any atom is 0.308 e. The smallest absolute Gasteiger partial charge is 0.308 e. The first-order valence-corrected chi connectivity index (χ1v) is 32.4. The van der Waals surface area contributed by atoms with Crippen LogP contribution >= 0.6 is 0 Å². The van der Waals surface area contributed by atoms with Crippen LogP contribution in [-0.4, -0.2) is 222 Å². The van der Waals surface area contributed by atoms with Gasteiger partial charge < -0.3 is 90.9 Å². The van der Waals surface area contributed by atoms with Gasteiger partial charge in [-0.3, -0.25) is 29.0 Å². The number of hydrogen-bond acceptors (Lipinski definition) is 22. The van der Waals surface area contributed by atoms with Crippen LogP contribution in [0.3, 0.4) is 0 Å². The van der Waals surface area contributed by atoms with Gasteiger partial charge in [0.15, 0.2) is 17.9 Å². The number of cyclic esters (lactones) is 1. The summed E-state index contributed by atoms with van der Waals surface area (Å²) in [7, 11) is 5.12. The second kappa shape index (κ2) is 40.2. The van der Waals surface area contributed by atoms with E-state index in [1.165, 1.54) is 6.92 Å². The number of ether oxygens (including phenoxy) is 4. The molecule has 0 saturated carbocycles. The SMILES string of the molecule is CNc1ccc(C(=O)CC(O)CCC(C)C2OC(=O)CC(O)CC(=O)CC(O)CC(O)CC(O)CC(O)CC3(O)CC(O)C(C(=O)NCCc4ccccn4)C(CC(O[C@@H]4O[C@H](C)[C@@H](O)[C@H](NC(=O)CN(C)C)[C@@H]4O)/C=C/C=C/C=C/C=C/C=C/C=C/C=C/C2C)O3)cc1. The molecular formula is C70H101N5O19. The Hall–Kier alpha value is -6.46. The number of pyridine rings is 1. The summed E-state index contributed by atoms with van der Waals surface area (Å²) in [6.07, 6.45) is 3.80. The van der Waals surface area contributed by atoms with E-state index in [1.54, 1.807) is 154 Å². The number of esters is 1. The predicted molar refractivity (Wildman–Crippen MR) is 351 cm³/mol. The molecule has 1 aromatic carbocycles. The number of allylic oxidation sites excluding steroid dienone is 12. The van der Waals surface area contributed by atoms with Crippen molar-refractivity contribution < 1.29 is 94.0 Å². The lowest BCUT2D eigenvalue weighted by atomic mass is 9.82. The minimum Gasteiger partial charge on any atom is -0.461 e. The molecule has 3 aliphatic heterocycles. The first-order valence-electron chi connectivity index (χ1n) is 32.4. The van der Waals surface area contributed by atoms with E-state index in [2.05, 4.69) is 20.9 Å². The third-order valence-electron chi connectivity index (χ3n) is 16.5. The van der Waals surface area contributed by atoms with E-state index >= 15 is 0 Å². The van der Waals surface area contributed by atoms with Crippen molar-refractivity contribution in [2.45, 2.75) is 202 Å². The molecular weight excluding hydrogens is 1210 g/mol. The van der Waals surface area contributed by atoms with Crippen LogP contribution in [0.25, 0.3) is 0 Å². The summed E-state index contributed by atoms with van der Waals surface area (Å²) in [5.41, 5.74) is 1.98. The molecule has 2 fully saturated rings. The molecule has 14 unspecified atom stereocenters. The Kier molecular flexibility index (Phi) is 33.4. The van der Waals surface area contributed by atoms with Crippen LogP contribution in [0.4, 0.5) is 5.69 Å². The number of nitrogens with one attached hydrogen (secondary N) is 3. The number of ketones is 2. The molecule has 2 amide bonds. The van der Waals surface area contributed by atoms with Crippen molar-refractivity contribution in [1.29, 1.82) is 0 Å². The molecule has 0 aliphatic carbocycles. The van der Waals surface area contributed by atoms with Crippen LogP contribution in [0.2, 0.25) is 0 Å². The van der Waals surface area contributed by atoms with E-state index in [0.717, 1.165) is 5.69 Å². The van der Waals surface area contributed by atoms with Crippen molar-refractivity contribution in [2.24, 2.45) is 17.8 Å². The van der Waals surface area contributed by atoms with Crippen molar-refractivity contribution in [1.82, 2.24) is 20.5 Å². The van der Waals surface area contributed by atoms with Crippen LogP contribution in [0, 0.1) is 17.8 Å². The summed E-state index contributed by atoms with van der Waals surface area (Å²) >= 11 is 0. The zero-order valence-corrected chi connectivity index (χ0v) is 54.7. The Morgan fingerprint density at radius 2 is 1.34 bits per heavy atom. The fourth-order valence-corrected chi connectivity index (χ4v) is 11.7. The number of likely N-dealkylation sites (N-methyl/N-ethyl adjacent to an activating group) is 1. The van der Waals surface area contributed by atoms with E-state index in [4.69, 9.17) is 18.9 Å². The van der Waals surface area contributed by atoms with E-state index < -0.39 is 178 Å². The Balaban J connectivity index is 1.40. The molecule has 24 heteroatoms. The number of benzene rings is 1. The number of carbonyl (C=O) groups excluding carboxylic acids is 5. The van der Waals surface area contributed by atoms with Gasteiger partial charge in [0.25, 0.3) is 0 Å². The Labute approximate surface area is 551 Å². The molecule has 2 saturated heterocycles. The largest absolute Gasteiger partial charge is 0.461 e. The van der Waals surface area contributed by atoms with Crippen LogP contribution in [-0.2, 0) is 44.5 Å². The number of aliphatic hydroxyl groups is 10. The number of rotatable bonds is 17. The van der Waals surface area contributed by atoms with Crippen LogP contribution < -0.4 is 16.0 Å². The first kappa shape index (κ1) is 78.2. The molecule has 1 aromatic heterocycles. The van der Waals surface area contributed by atoms with Crippen LogP contribution in [0.15, 0.2) is 134 Å². The fraction of sp³-hybridized carbons (Fsp3) is 0.571. The summed E-state index contributed by atoms with van der Waals surface area (Å²) in [6.45, 7) is 5.28. The third kappa shape index (κ3) is 27.7. The van der Waals surface area contributed by atoms with Crippen molar-refractivity contribution in [3.8, 4) is 0 Å². The van der Waals surface area contributed by atoms with Gasteiger partial charge >= 0.3 is 5.97 Å². The second-order valence-electron chi connectivity index (χ2n) is 25.2. The molecule has 2 aromatic rings. The third-order valence-corrected chi connectivity index (χ3v) is 16.5. The lowest BCUT2D eigenvalue weighted by Gasteiger charge is -2.46. The summed E-state index contributed by atoms with van der Waals surface area (Å²) < 4.78 is 24.7. The molecule has 2 bridgehead atoms. The number of fused-ring (bicyclic) bond motifs is 2. The zero-order valence-electron chi connectivity index (χ0n) is 54.7. The normalized spacial score (nSPS) is 34.1. The van der Waals surface area contributed by atoms with Crippen LogP contribution in [0.1, 0.15) is 114 Å². The number of amides is 2. The van der Waals surface area contributed by atoms with Gasteiger partial charge in [0, 0.05) is 87.6 Å². The van der Waals surface area contributed by atoms with E-state index in [-0.39, 0.29) is 50.0 Å². The lowest BCUT2D eigenvalue weighted by Crippen LogP contribution is -2.64. The van der Waals surface area contributed by atoms with Crippen molar-refractivity contribution in [3.05, 3.63) is 145 Å². The highest BCUT2D eigenvalue weighted by Crippen LogP contribution is 2.38. The van der Waals surface area contributed by atoms with Gasteiger partial charge in [-0.15, -0.1) is 0 Å². The van der Waals surface area contributed by atoms with Crippen molar-refractivity contribution in [2.75, 3.05) is 39.5 Å². The summed E-state index contributed by atoms with van der Waals surface area (Å²) in [5.74, 6) is -7.22. The molecule has 3 aliphatic rings. The molecule has 5 rings (SSSR count). The van der Waals surface area contributed by atoms with E-state index in [1.807, 2.05) is 19.9 Å². The Morgan fingerprint density at radius 3 is 1.96 bits per heavy atom. The van der Waals surface area contributed by atoms with E-state index in [9.17, 15) is 75.0 Å². The average molecular weight is 1320 g/mol. The highest BCUT2D eigenvalue weighted by Gasteiger charge is 2.51. The van der Waals surface area contributed by atoms with Crippen molar-refractivity contribution >= 4 is 35.0 Å². The van der Waals surface area contributed by atoms with Crippen LogP contribution in [0.5, 0.6) is 0 Å². The molecule has 13 N–H and O–H groups in total. The summed E-state index contributed by atoms with van der Waals surface area (Å²) in [5, 5.41) is 121. The molecule has 24 nitrogen and oxygen atoms in total. The number of Topliss-reactive ketones (excluding diaryl/α,β-unsaturated/α-hetero) is 2. The van der Waals surface area contributed by atoms with Gasteiger partial charge in [-0.2, -0.15) is 0 Å². The lowest BCUT2D eigenvalue weighted by molar-refractivity contribution is -0.307. The highest BCUT2D eigenvalue weighted by atomic mass is 16.7. The van der Waals surface area contributed by atoms with Gasteiger partial charge in [0.1, 0.15) is 24.1 Å². The minimum atomic E-state index is -2.34. The van der Waals surface area contributed by atoms with Gasteiger partial charge in [-0.05, 0) is 95.4 Å².